The lowest BCUT2D eigenvalue weighted by molar-refractivity contribution is -0.118. The topological polar surface area (TPSA) is 86.5 Å². The number of nitrogens with zero attached hydrogens (tertiary/aromatic N) is 2. The minimum Gasteiger partial charge on any atom is -0.497 e. The zero-order valence-electron chi connectivity index (χ0n) is 16.5. The monoisotopic (exact) mass is 419 g/mol. The molecule has 0 aliphatic carbocycles. The molecular formula is C23H18FN3O4. The fourth-order valence-corrected chi connectivity index (χ4v) is 2.85. The predicted octanol–water partition coefficient (Wildman–Crippen LogP) is 4.57. The highest BCUT2D eigenvalue weighted by Crippen LogP contribution is 2.30. The molecule has 0 unspecified atom stereocenters. The van der Waals surface area contributed by atoms with Gasteiger partial charge in [-0.25, -0.2) is 4.39 Å². The number of para-hydroxylation sites is 2. The standard InChI is InChI=1S/C23H18FN3O4/c1-29-16-12-10-15(11-13-16)22-26-23(31-27-22)17-6-2-5-9-20(17)30-14-21(28)25-19-8-4-3-7-18(19)24/h2-13H,14H2,1H3,(H,25,28). The molecule has 0 bridgehead atoms. The molecule has 0 atom stereocenters. The van der Waals surface area contributed by atoms with Gasteiger partial charge in [-0.05, 0) is 48.5 Å². The van der Waals surface area contributed by atoms with Crippen molar-refractivity contribution >= 4 is 11.6 Å². The number of benzene rings is 3. The van der Waals surface area contributed by atoms with Crippen LogP contribution in [0.15, 0.2) is 77.3 Å². The van der Waals surface area contributed by atoms with Crippen LogP contribution in [0.4, 0.5) is 10.1 Å². The van der Waals surface area contributed by atoms with Crippen molar-refractivity contribution in [2.75, 3.05) is 19.0 Å². The smallest absolute Gasteiger partial charge is 0.262 e. The molecule has 7 nitrogen and oxygen atoms in total. The van der Waals surface area contributed by atoms with Crippen LogP contribution in [0, 0.1) is 5.82 Å². The molecule has 4 aromatic rings. The van der Waals surface area contributed by atoms with Crippen LogP contribution in [0.5, 0.6) is 11.5 Å². The van der Waals surface area contributed by atoms with Crippen LogP contribution in [-0.4, -0.2) is 29.8 Å². The van der Waals surface area contributed by atoms with Gasteiger partial charge in [0, 0.05) is 5.56 Å². The third kappa shape index (κ3) is 4.69. The minimum absolute atomic E-state index is 0.0884. The van der Waals surface area contributed by atoms with Gasteiger partial charge in [0.05, 0.1) is 18.4 Å². The van der Waals surface area contributed by atoms with Gasteiger partial charge in [0.2, 0.25) is 5.82 Å². The Morgan fingerprint density at radius 1 is 1.03 bits per heavy atom. The third-order valence-corrected chi connectivity index (χ3v) is 4.40. The summed E-state index contributed by atoms with van der Waals surface area (Å²) in [5.74, 6) is 0.745. The van der Waals surface area contributed by atoms with Crippen molar-refractivity contribution in [2.45, 2.75) is 0 Å². The maximum Gasteiger partial charge on any atom is 0.262 e. The Balaban J connectivity index is 1.48. The Labute approximate surface area is 177 Å². The number of methoxy groups -OCH3 is 1. The molecule has 31 heavy (non-hydrogen) atoms. The molecule has 0 saturated carbocycles. The molecule has 0 radical (unpaired) electrons. The van der Waals surface area contributed by atoms with Gasteiger partial charge in [-0.1, -0.05) is 29.4 Å². The summed E-state index contributed by atoms with van der Waals surface area (Å²) in [6, 6.07) is 20.1. The van der Waals surface area contributed by atoms with Crippen LogP contribution in [0.3, 0.4) is 0 Å². The number of carbonyl (C=O) groups is 1. The largest absolute Gasteiger partial charge is 0.497 e. The number of hydrogen-bond acceptors (Lipinski definition) is 6. The highest BCUT2D eigenvalue weighted by atomic mass is 19.1. The van der Waals surface area contributed by atoms with Crippen molar-refractivity contribution < 1.29 is 23.2 Å². The van der Waals surface area contributed by atoms with E-state index >= 15 is 0 Å². The van der Waals surface area contributed by atoms with Crippen LogP contribution < -0.4 is 14.8 Å². The van der Waals surface area contributed by atoms with Gasteiger partial charge in [0.1, 0.15) is 17.3 Å². The number of ether oxygens (including phenoxy) is 2. The molecule has 1 amide bonds. The number of rotatable bonds is 7. The first kappa shape index (κ1) is 20.1. The van der Waals surface area contributed by atoms with E-state index in [9.17, 15) is 9.18 Å². The fraction of sp³-hybridized carbons (Fsp3) is 0.0870. The van der Waals surface area contributed by atoms with Gasteiger partial charge in [-0.15, -0.1) is 0 Å². The first-order valence-electron chi connectivity index (χ1n) is 9.39. The lowest BCUT2D eigenvalue weighted by Crippen LogP contribution is -2.20. The second-order valence-corrected chi connectivity index (χ2v) is 6.46. The van der Waals surface area contributed by atoms with E-state index in [1.54, 1.807) is 55.6 Å². The Hall–Kier alpha value is -4.20. The van der Waals surface area contributed by atoms with Gasteiger partial charge < -0.3 is 19.3 Å². The van der Waals surface area contributed by atoms with Crippen LogP contribution >= 0.6 is 0 Å². The van der Waals surface area contributed by atoms with Crippen LogP contribution in [-0.2, 0) is 4.79 Å². The van der Waals surface area contributed by atoms with Crippen molar-refractivity contribution in [3.05, 3.63) is 78.6 Å². The van der Waals surface area contributed by atoms with Gasteiger partial charge in [-0.2, -0.15) is 4.98 Å². The summed E-state index contributed by atoms with van der Waals surface area (Å²) >= 11 is 0. The van der Waals surface area contributed by atoms with E-state index in [4.69, 9.17) is 14.0 Å². The molecule has 0 saturated heterocycles. The SMILES string of the molecule is COc1ccc(-c2noc(-c3ccccc3OCC(=O)Nc3ccccc3F)n2)cc1. The molecule has 1 aromatic heterocycles. The molecule has 8 heteroatoms. The number of aromatic nitrogens is 2. The van der Waals surface area contributed by atoms with Crippen molar-refractivity contribution in [2.24, 2.45) is 0 Å². The summed E-state index contributed by atoms with van der Waals surface area (Å²) in [6.07, 6.45) is 0. The first-order chi connectivity index (χ1) is 15.1. The van der Waals surface area contributed by atoms with Crippen molar-refractivity contribution in [1.29, 1.82) is 0 Å². The number of carbonyl (C=O) groups excluding carboxylic acids is 1. The Kier molecular flexibility index (Phi) is 5.89. The van der Waals surface area contributed by atoms with E-state index in [1.165, 1.54) is 12.1 Å². The summed E-state index contributed by atoms with van der Waals surface area (Å²) in [7, 11) is 1.59. The number of amides is 1. The fourth-order valence-electron chi connectivity index (χ4n) is 2.85. The normalized spacial score (nSPS) is 10.5. The maximum atomic E-state index is 13.7. The Morgan fingerprint density at radius 3 is 2.55 bits per heavy atom. The average Bonchev–Trinajstić information content (AvgIpc) is 3.30. The van der Waals surface area contributed by atoms with Gasteiger partial charge >= 0.3 is 0 Å². The van der Waals surface area contributed by atoms with Crippen LogP contribution in [0.25, 0.3) is 22.8 Å². The number of hydrogen-bond donors (Lipinski definition) is 1. The van der Waals surface area contributed by atoms with Gasteiger partial charge in [0.15, 0.2) is 6.61 Å². The van der Waals surface area contributed by atoms with E-state index in [0.717, 1.165) is 11.3 Å². The lowest BCUT2D eigenvalue weighted by atomic mass is 10.2. The molecule has 0 fully saturated rings. The summed E-state index contributed by atoms with van der Waals surface area (Å²) < 4.78 is 29.9. The molecule has 156 valence electrons. The molecule has 3 aromatic carbocycles. The number of nitrogens with one attached hydrogen (secondary N) is 1. The molecule has 0 aliphatic heterocycles. The molecule has 1 heterocycles. The molecule has 1 N–H and O–H groups in total. The maximum absolute atomic E-state index is 13.7. The summed E-state index contributed by atoms with van der Waals surface area (Å²) in [4.78, 5) is 16.6. The highest BCUT2D eigenvalue weighted by molar-refractivity contribution is 5.92. The third-order valence-electron chi connectivity index (χ3n) is 4.40. The average molecular weight is 419 g/mol. The molecular weight excluding hydrogens is 401 g/mol. The molecule has 4 rings (SSSR count). The number of halogens is 1. The minimum atomic E-state index is -0.520. The van der Waals surface area contributed by atoms with Crippen LogP contribution in [0.1, 0.15) is 0 Å². The highest BCUT2D eigenvalue weighted by Gasteiger charge is 2.16. The quantitative estimate of drug-likeness (QED) is 0.472. The molecule has 0 aliphatic rings. The van der Waals surface area contributed by atoms with E-state index in [1.807, 2.05) is 12.1 Å². The van der Waals surface area contributed by atoms with Gasteiger partial charge in [-0.3, -0.25) is 4.79 Å². The second kappa shape index (κ2) is 9.08. The zero-order chi connectivity index (χ0) is 21.6. The lowest BCUT2D eigenvalue weighted by Gasteiger charge is -2.10. The summed E-state index contributed by atoms with van der Waals surface area (Å²) in [5, 5.41) is 6.49. The van der Waals surface area contributed by atoms with Crippen molar-refractivity contribution in [1.82, 2.24) is 10.1 Å². The van der Waals surface area contributed by atoms with Crippen molar-refractivity contribution in [3.8, 4) is 34.3 Å². The summed E-state index contributed by atoms with van der Waals surface area (Å²) in [5.41, 5.74) is 1.39. The zero-order valence-corrected chi connectivity index (χ0v) is 16.5. The van der Waals surface area contributed by atoms with E-state index < -0.39 is 11.7 Å². The number of anilines is 1. The summed E-state index contributed by atoms with van der Waals surface area (Å²) in [6.45, 7) is -0.315. The predicted molar refractivity (Wildman–Crippen MR) is 112 cm³/mol. The Bertz CT molecular complexity index is 1190. The van der Waals surface area contributed by atoms with Crippen molar-refractivity contribution in [3.63, 3.8) is 0 Å². The second-order valence-electron chi connectivity index (χ2n) is 6.46. The van der Waals surface area contributed by atoms with Gasteiger partial charge in [0.25, 0.3) is 11.8 Å². The first-order valence-corrected chi connectivity index (χ1v) is 9.39. The van der Waals surface area contributed by atoms with Crippen LogP contribution in [0.2, 0.25) is 0 Å². The van der Waals surface area contributed by atoms with E-state index in [0.29, 0.717) is 17.1 Å². The Morgan fingerprint density at radius 2 is 1.77 bits per heavy atom. The van der Waals surface area contributed by atoms with E-state index in [2.05, 4.69) is 15.5 Å². The molecule has 0 spiro atoms. The van der Waals surface area contributed by atoms with E-state index in [-0.39, 0.29) is 18.2 Å².